The van der Waals surface area contributed by atoms with E-state index in [9.17, 15) is 37.5 Å². The number of unbranched alkanes of at least 4 members (excludes halogenated alkanes) is 24. The Balaban J connectivity index is 2.52. The third-order valence-electron chi connectivity index (χ3n) is 11.2. The molecule has 1 amide bonds. The monoisotopic (exact) mass is 941 g/mol. The lowest BCUT2D eigenvalue weighted by Gasteiger charge is -2.18. The van der Waals surface area contributed by atoms with Crippen molar-refractivity contribution in [3.8, 4) is 0 Å². The van der Waals surface area contributed by atoms with Crippen LogP contribution in [0.15, 0.2) is 29.2 Å². The Hall–Kier alpha value is -3.17. The number of anilines is 1. The maximum absolute atomic E-state index is 12.8. The molecule has 368 valence electrons. The number of carboxylic acids is 2. The third-order valence-corrected chi connectivity index (χ3v) is 13.8. The number of carboxylic acid groups (broad SMARTS) is 2. The highest BCUT2D eigenvalue weighted by Crippen LogP contribution is 2.19. The van der Waals surface area contributed by atoms with Crippen molar-refractivity contribution >= 4 is 57.3 Å². The molecule has 0 aliphatic rings. The molecule has 0 aromatic heterocycles. The minimum Gasteiger partial charge on any atom is -0.481 e. The Kier molecular flexibility index (Phi) is 35.9. The van der Waals surface area contributed by atoms with Gasteiger partial charge >= 0.3 is 23.9 Å². The van der Waals surface area contributed by atoms with Crippen LogP contribution in [0, 0.1) is 0 Å². The summed E-state index contributed by atoms with van der Waals surface area (Å²) < 4.78 is 38.8. The number of carbonyl (C=O) groups excluding carboxylic acids is 3. The summed E-state index contributed by atoms with van der Waals surface area (Å²) >= 11 is 1.40. The highest BCUT2D eigenvalue weighted by molar-refractivity contribution is 7.99. The van der Waals surface area contributed by atoms with E-state index in [1.807, 2.05) is 4.72 Å². The van der Waals surface area contributed by atoms with Crippen molar-refractivity contribution in [3.63, 3.8) is 0 Å². The summed E-state index contributed by atoms with van der Waals surface area (Å²) in [6, 6.07) is 3.53. The van der Waals surface area contributed by atoms with E-state index in [4.69, 9.17) is 14.6 Å². The number of amides is 1. The first-order chi connectivity index (χ1) is 30.9. The number of nitrogens with one attached hydrogen (secondary N) is 2. The van der Waals surface area contributed by atoms with E-state index in [1.54, 1.807) is 0 Å². The standard InChI is InChI=1S/C49H84N2O11S2/c1-3-5-7-9-11-13-15-17-19-21-23-25-27-29-47(55)61-39-42(62-48(56)30-28-26-24-22-20-18-16-14-12-10-8-6-4-2)40-63-38-37-45(52)50-41-31-33-43(34-32-41)64(59,60)51-44(49(57)58)35-36-46(53)54/h31-34,42,44,51H,3-30,35-40H2,1-2H3,(H,50,52)(H,53,54)(H,57,58). The molecule has 64 heavy (non-hydrogen) atoms. The lowest BCUT2D eigenvalue weighted by Crippen LogP contribution is -2.41. The SMILES string of the molecule is CCCCCCCCCCCCCCCC(=O)OCC(CSCCC(=O)Nc1ccc(S(=O)(=O)NC(CCC(=O)O)C(=O)O)cc1)OC(=O)CCCCCCCCCCCCCCC. The van der Waals surface area contributed by atoms with Crippen LogP contribution in [-0.4, -0.2) is 78.7 Å². The number of carbonyl (C=O) groups is 5. The third kappa shape index (κ3) is 33.3. The first kappa shape index (κ1) is 58.8. The molecule has 15 heteroatoms. The second kappa shape index (κ2) is 39.0. The van der Waals surface area contributed by atoms with Gasteiger partial charge in [0, 0.05) is 42.9 Å². The van der Waals surface area contributed by atoms with Gasteiger partial charge in [0.25, 0.3) is 0 Å². The quantitative estimate of drug-likeness (QED) is 0.0357. The topological polar surface area (TPSA) is 202 Å². The lowest BCUT2D eigenvalue weighted by atomic mass is 10.0. The molecule has 0 fully saturated rings. The molecule has 0 spiro atoms. The van der Waals surface area contributed by atoms with Gasteiger partial charge in [-0.05, 0) is 43.5 Å². The zero-order chi connectivity index (χ0) is 47.1. The molecular formula is C49H84N2O11S2. The Labute approximate surface area is 390 Å². The fourth-order valence-corrected chi connectivity index (χ4v) is 9.42. The number of sulfonamides is 1. The first-order valence-corrected chi connectivity index (χ1v) is 27.3. The number of hydrogen-bond acceptors (Lipinski definition) is 10. The van der Waals surface area contributed by atoms with E-state index in [0.29, 0.717) is 30.0 Å². The molecule has 0 radical (unpaired) electrons. The van der Waals surface area contributed by atoms with Gasteiger partial charge in [0.15, 0.2) is 0 Å². The largest absolute Gasteiger partial charge is 0.481 e. The minimum absolute atomic E-state index is 0.0439. The molecule has 2 unspecified atom stereocenters. The van der Waals surface area contributed by atoms with Crippen LogP contribution >= 0.6 is 11.8 Å². The highest BCUT2D eigenvalue weighted by Gasteiger charge is 2.26. The lowest BCUT2D eigenvalue weighted by molar-refractivity contribution is -0.157. The highest BCUT2D eigenvalue weighted by atomic mass is 32.2. The number of ether oxygens (including phenoxy) is 2. The fourth-order valence-electron chi connectivity index (χ4n) is 7.27. The van der Waals surface area contributed by atoms with Crippen LogP contribution in [0.4, 0.5) is 5.69 Å². The van der Waals surface area contributed by atoms with E-state index in [1.165, 1.54) is 164 Å². The predicted molar refractivity (Wildman–Crippen MR) is 257 cm³/mol. The van der Waals surface area contributed by atoms with Crippen molar-refractivity contribution < 1.29 is 52.1 Å². The second-order valence-electron chi connectivity index (χ2n) is 17.1. The summed E-state index contributed by atoms with van der Waals surface area (Å²) in [5, 5.41) is 20.9. The summed E-state index contributed by atoms with van der Waals surface area (Å²) in [7, 11) is -4.28. The van der Waals surface area contributed by atoms with Crippen molar-refractivity contribution in [3.05, 3.63) is 24.3 Å². The molecule has 2 atom stereocenters. The molecule has 0 saturated carbocycles. The van der Waals surface area contributed by atoms with Crippen LogP contribution in [0.5, 0.6) is 0 Å². The zero-order valence-electron chi connectivity index (χ0n) is 39.4. The van der Waals surface area contributed by atoms with Gasteiger partial charge in [-0.3, -0.25) is 24.0 Å². The summed E-state index contributed by atoms with van der Waals surface area (Å²) in [5.41, 5.74) is 0.324. The minimum atomic E-state index is -4.28. The maximum atomic E-state index is 12.8. The molecule has 0 aliphatic carbocycles. The van der Waals surface area contributed by atoms with E-state index in [-0.39, 0.29) is 35.8 Å². The number of hydrogen-bond donors (Lipinski definition) is 4. The average Bonchev–Trinajstić information content (AvgIpc) is 3.26. The van der Waals surface area contributed by atoms with Gasteiger partial charge in [-0.2, -0.15) is 16.5 Å². The maximum Gasteiger partial charge on any atom is 0.321 e. The van der Waals surface area contributed by atoms with E-state index < -0.39 is 46.9 Å². The molecule has 1 aromatic rings. The normalized spacial score (nSPS) is 12.4. The van der Waals surface area contributed by atoms with Crippen molar-refractivity contribution in [2.45, 2.75) is 230 Å². The number of aliphatic carboxylic acids is 2. The van der Waals surface area contributed by atoms with E-state index in [2.05, 4.69) is 19.2 Å². The number of benzene rings is 1. The Morgan fingerprint density at radius 2 is 1.03 bits per heavy atom. The fraction of sp³-hybridized carbons (Fsp3) is 0.776. The molecule has 13 nitrogen and oxygen atoms in total. The van der Waals surface area contributed by atoms with Gasteiger partial charge in [-0.25, -0.2) is 8.42 Å². The predicted octanol–water partition coefficient (Wildman–Crippen LogP) is 11.8. The number of thioether (sulfide) groups is 1. The molecule has 0 bridgehead atoms. The van der Waals surface area contributed by atoms with Crippen LogP contribution in [-0.2, 0) is 43.5 Å². The summed E-state index contributed by atoms with van der Waals surface area (Å²) in [6.45, 7) is 4.44. The van der Waals surface area contributed by atoms with E-state index >= 15 is 0 Å². The van der Waals surface area contributed by atoms with Gasteiger partial charge in [0.05, 0.1) is 4.90 Å². The molecule has 0 heterocycles. The van der Waals surface area contributed by atoms with Gasteiger partial charge in [-0.1, -0.05) is 168 Å². The van der Waals surface area contributed by atoms with Crippen molar-refractivity contribution in [1.29, 1.82) is 0 Å². The Morgan fingerprint density at radius 3 is 1.47 bits per heavy atom. The first-order valence-electron chi connectivity index (χ1n) is 24.7. The van der Waals surface area contributed by atoms with E-state index in [0.717, 1.165) is 38.5 Å². The van der Waals surface area contributed by atoms with Crippen LogP contribution in [0.3, 0.4) is 0 Å². The smallest absolute Gasteiger partial charge is 0.321 e. The molecular weight excluding hydrogens is 857 g/mol. The molecule has 0 aliphatic heterocycles. The Morgan fingerprint density at radius 1 is 0.594 bits per heavy atom. The second-order valence-corrected chi connectivity index (χ2v) is 20.0. The van der Waals surface area contributed by atoms with Crippen LogP contribution in [0.1, 0.15) is 213 Å². The Bertz CT molecular complexity index is 1510. The summed E-state index contributed by atoms with van der Waals surface area (Å²) in [6.07, 6.45) is 30.7. The molecule has 1 rings (SSSR count). The molecule has 1 aromatic carbocycles. The summed E-state index contributed by atoms with van der Waals surface area (Å²) in [4.78, 5) is 60.3. The van der Waals surface area contributed by atoms with Crippen molar-refractivity contribution in [1.82, 2.24) is 4.72 Å². The van der Waals surface area contributed by atoms with Gasteiger partial charge in [-0.15, -0.1) is 0 Å². The molecule has 0 saturated heterocycles. The average molecular weight is 941 g/mol. The molecule has 4 N–H and O–H groups in total. The zero-order valence-corrected chi connectivity index (χ0v) is 41.0. The van der Waals surface area contributed by atoms with Crippen molar-refractivity contribution in [2.24, 2.45) is 0 Å². The van der Waals surface area contributed by atoms with Crippen molar-refractivity contribution in [2.75, 3.05) is 23.4 Å². The van der Waals surface area contributed by atoms with Gasteiger partial charge in [0.2, 0.25) is 15.9 Å². The van der Waals surface area contributed by atoms with Gasteiger partial charge in [0.1, 0.15) is 18.8 Å². The van der Waals surface area contributed by atoms with Crippen LogP contribution in [0.25, 0.3) is 0 Å². The van der Waals surface area contributed by atoms with Gasteiger partial charge < -0.3 is 25.0 Å². The summed E-state index contributed by atoms with van der Waals surface area (Å²) in [5.74, 6) is -2.98. The van der Waals surface area contributed by atoms with Crippen LogP contribution in [0.2, 0.25) is 0 Å². The number of esters is 2. The van der Waals surface area contributed by atoms with Crippen LogP contribution < -0.4 is 10.0 Å². The number of rotatable bonds is 44.